The molecular formula is C11H15ClN2. The third kappa shape index (κ3) is 1.55. The molecule has 1 N–H and O–H groups in total. The lowest BCUT2D eigenvalue weighted by molar-refractivity contribution is 0.736. The summed E-state index contributed by atoms with van der Waals surface area (Å²) in [6.45, 7) is 5.30. The van der Waals surface area contributed by atoms with E-state index in [1.165, 1.54) is 16.9 Å². The minimum absolute atomic E-state index is 0.493. The summed E-state index contributed by atoms with van der Waals surface area (Å²) in [7, 11) is 2.10. The zero-order valence-corrected chi connectivity index (χ0v) is 9.52. The van der Waals surface area contributed by atoms with Crippen molar-refractivity contribution >= 4 is 23.0 Å². The molecule has 0 aromatic heterocycles. The molecule has 0 radical (unpaired) electrons. The monoisotopic (exact) mass is 210 g/mol. The van der Waals surface area contributed by atoms with Gasteiger partial charge in [0.05, 0.1) is 11.4 Å². The highest BCUT2D eigenvalue weighted by Gasteiger charge is 2.19. The first-order valence-corrected chi connectivity index (χ1v) is 5.23. The van der Waals surface area contributed by atoms with Gasteiger partial charge in [0.25, 0.3) is 0 Å². The first-order valence-electron chi connectivity index (χ1n) is 4.86. The van der Waals surface area contributed by atoms with Crippen molar-refractivity contribution in [3.63, 3.8) is 0 Å². The Labute approximate surface area is 89.9 Å². The van der Waals surface area contributed by atoms with Crippen LogP contribution in [0.25, 0.3) is 0 Å². The van der Waals surface area contributed by atoms with Crippen LogP contribution in [0.2, 0.25) is 5.02 Å². The zero-order chi connectivity index (χ0) is 10.3. The summed E-state index contributed by atoms with van der Waals surface area (Å²) in [4.78, 5) is 2.25. The number of halogens is 1. The fourth-order valence-electron chi connectivity index (χ4n) is 2.02. The van der Waals surface area contributed by atoms with Gasteiger partial charge in [-0.25, -0.2) is 0 Å². The molecule has 14 heavy (non-hydrogen) atoms. The third-order valence-electron chi connectivity index (χ3n) is 2.63. The van der Waals surface area contributed by atoms with Crippen molar-refractivity contribution in [3.05, 3.63) is 22.7 Å². The Morgan fingerprint density at radius 1 is 1.50 bits per heavy atom. The van der Waals surface area contributed by atoms with E-state index in [4.69, 9.17) is 11.6 Å². The van der Waals surface area contributed by atoms with Gasteiger partial charge in [0.2, 0.25) is 0 Å². The van der Waals surface area contributed by atoms with Gasteiger partial charge in [-0.05, 0) is 31.5 Å². The first kappa shape index (κ1) is 9.66. The molecular weight excluding hydrogens is 196 g/mol. The average molecular weight is 211 g/mol. The third-order valence-corrected chi connectivity index (χ3v) is 2.85. The average Bonchev–Trinajstić information content (AvgIpc) is 2.07. The molecule has 0 saturated heterocycles. The van der Waals surface area contributed by atoms with E-state index < -0.39 is 0 Å². The summed E-state index contributed by atoms with van der Waals surface area (Å²) >= 11 is 6.03. The number of hydrogen-bond donors (Lipinski definition) is 1. The second-order valence-electron chi connectivity index (χ2n) is 4.04. The highest BCUT2D eigenvalue weighted by molar-refractivity contribution is 6.31. The van der Waals surface area contributed by atoms with Crippen LogP contribution in [0.1, 0.15) is 12.5 Å². The fourth-order valence-corrected chi connectivity index (χ4v) is 2.28. The molecule has 76 valence electrons. The largest absolute Gasteiger partial charge is 0.379 e. The van der Waals surface area contributed by atoms with Crippen molar-refractivity contribution in [1.82, 2.24) is 0 Å². The lowest BCUT2D eigenvalue weighted by atomic mass is 10.1. The van der Waals surface area contributed by atoms with Gasteiger partial charge in [0.1, 0.15) is 0 Å². The van der Waals surface area contributed by atoms with Crippen LogP contribution >= 0.6 is 11.6 Å². The predicted octanol–water partition coefficient (Wildman–Crippen LogP) is 2.90. The molecule has 0 fully saturated rings. The molecule has 1 atom stereocenters. The summed E-state index contributed by atoms with van der Waals surface area (Å²) in [5.74, 6) is 0. The summed E-state index contributed by atoms with van der Waals surface area (Å²) in [6, 6.07) is 4.51. The van der Waals surface area contributed by atoms with Crippen LogP contribution in [0.5, 0.6) is 0 Å². The minimum atomic E-state index is 0.493. The van der Waals surface area contributed by atoms with Gasteiger partial charge in [-0.15, -0.1) is 0 Å². The first-order chi connectivity index (χ1) is 6.58. The smallest absolute Gasteiger partial charge is 0.0617 e. The Bertz CT molecular complexity index is 363. The Morgan fingerprint density at radius 2 is 2.21 bits per heavy atom. The summed E-state index contributed by atoms with van der Waals surface area (Å²) in [6.07, 6.45) is 0. The van der Waals surface area contributed by atoms with Crippen LogP contribution in [0.3, 0.4) is 0 Å². The molecule has 0 bridgehead atoms. The van der Waals surface area contributed by atoms with E-state index in [1.54, 1.807) is 0 Å². The lowest BCUT2D eigenvalue weighted by Gasteiger charge is -2.34. The van der Waals surface area contributed by atoms with Crippen molar-refractivity contribution in [3.8, 4) is 0 Å². The maximum Gasteiger partial charge on any atom is 0.0617 e. The number of nitrogens with one attached hydrogen (secondary N) is 1. The highest BCUT2D eigenvalue weighted by atomic mass is 35.5. The number of likely N-dealkylation sites (N-methyl/N-ethyl adjacent to an activating group) is 1. The van der Waals surface area contributed by atoms with Crippen LogP contribution in [-0.2, 0) is 0 Å². The number of fused-ring (bicyclic) bond motifs is 1. The van der Waals surface area contributed by atoms with Gasteiger partial charge in [0, 0.05) is 24.7 Å². The highest BCUT2D eigenvalue weighted by Crippen LogP contribution is 2.35. The maximum atomic E-state index is 6.03. The Kier molecular flexibility index (Phi) is 2.31. The van der Waals surface area contributed by atoms with Gasteiger partial charge in [-0.3, -0.25) is 0 Å². The van der Waals surface area contributed by atoms with Crippen molar-refractivity contribution in [1.29, 1.82) is 0 Å². The molecule has 1 heterocycles. The van der Waals surface area contributed by atoms with Crippen molar-refractivity contribution in [2.24, 2.45) is 0 Å². The summed E-state index contributed by atoms with van der Waals surface area (Å²) in [5.41, 5.74) is 3.63. The van der Waals surface area contributed by atoms with E-state index >= 15 is 0 Å². The summed E-state index contributed by atoms with van der Waals surface area (Å²) < 4.78 is 0. The molecule has 1 aliphatic heterocycles. The Balaban J connectivity index is 2.53. The van der Waals surface area contributed by atoms with Gasteiger partial charge < -0.3 is 10.2 Å². The zero-order valence-electron chi connectivity index (χ0n) is 8.76. The number of rotatable bonds is 0. The second kappa shape index (κ2) is 3.35. The molecule has 0 amide bonds. The Morgan fingerprint density at radius 3 is 2.93 bits per heavy atom. The normalized spacial score (nSPS) is 20.3. The van der Waals surface area contributed by atoms with E-state index in [0.717, 1.165) is 11.6 Å². The molecule has 2 nitrogen and oxygen atoms in total. The van der Waals surface area contributed by atoms with E-state index in [9.17, 15) is 0 Å². The van der Waals surface area contributed by atoms with Gasteiger partial charge >= 0.3 is 0 Å². The van der Waals surface area contributed by atoms with Crippen molar-refractivity contribution in [2.45, 2.75) is 19.9 Å². The van der Waals surface area contributed by atoms with E-state index in [1.807, 2.05) is 12.1 Å². The van der Waals surface area contributed by atoms with E-state index in [-0.39, 0.29) is 0 Å². The van der Waals surface area contributed by atoms with Crippen LogP contribution in [0.4, 0.5) is 11.4 Å². The minimum Gasteiger partial charge on any atom is -0.379 e. The number of anilines is 2. The molecule has 1 aromatic rings. The summed E-state index contributed by atoms with van der Waals surface area (Å²) in [5, 5.41) is 4.30. The number of benzene rings is 1. The standard InChI is InChI=1S/C11H15ClN2/c1-7-4-9(12)5-10-11(7)13-8(2)6-14(10)3/h4-5,8,13H,6H2,1-3H3. The second-order valence-corrected chi connectivity index (χ2v) is 4.48. The SMILES string of the molecule is Cc1cc(Cl)cc2c1NC(C)CN2C. The number of aryl methyl sites for hydroxylation is 1. The van der Waals surface area contributed by atoms with Crippen LogP contribution in [0.15, 0.2) is 12.1 Å². The van der Waals surface area contributed by atoms with Crippen LogP contribution < -0.4 is 10.2 Å². The molecule has 0 aliphatic carbocycles. The van der Waals surface area contributed by atoms with Crippen molar-refractivity contribution < 1.29 is 0 Å². The number of hydrogen-bond acceptors (Lipinski definition) is 2. The van der Waals surface area contributed by atoms with Crippen molar-refractivity contribution in [2.75, 3.05) is 23.8 Å². The molecule has 3 heteroatoms. The fraction of sp³-hybridized carbons (Fsp3) is 0.455. The topological polar surface area (TPSA) is 15.3 Å². The molecule has 0 saturated carbocycles. The number of nitrogens with zero attached hydrogens (tertiary/aromatic N) is 1. The Hall–Kier alpha value is -0.890. The van der Waals surface area contributed by atoms with Gasteiger partial charge in [0.15, 0.2) is 0 Å². The van der Waals surface area contributed by atoms with Crippen LogP contribution in [-0.4, -0.2) is 19.6 Å². The van der Waals surface area contributed by atoms with Gasteiger partial charge in [-0.2, -0.15) is 0 Å². The lowest BCUT2D eigenvalue weighted by Crippen LogP contribution is -2.37. The molecule has 1 aliphatic rings. The molecule has 2 rings (SSSR count). The predicted molar refractivity (Wildman–Crippen MR) is 62.5 cm³/mol. The maximum absolute atomic E-state index is 6.03. The molecule has 1 unspecified atom stereocenters. The molecule has 1 aromatic carbocycles. The molecule has 0 spiro atoms. The van der Waals surface area contributed by atoms with E-state index in [2.05, 4.69) is 31.1 Å². The quantitative estimate of drug-likeness (QED) is 0.709. The van der Waals surface area contributed by atoms with Gasteiger partial charge in [-0.1, -0.05) is 11.6 Å². The van der Waals surface area contributed by atoms with E-state index in [0.29, 0.717) is 6.04 Å². The van der Waals surface area contributed by atoms with Crippen LogP contribution in [0, 0.1) is 6.92 Å².